The molecule has 2 aromatic carbocycles. The van der Waals surface area contributed by atoms with Gasteiger partial charge >= 0.3 is 5.97 Å². The van der Waals surface area contributed by atoms with Crippen LogP contribution >= 0.6 is 11.6 Å². The summed E-state index contributed by atoms with van der Waals surface area (Å²) >= 11 is 5.86. The van der Waals surface area contributed by atoms with Crippen molar-refractivity contribution in [1.29, 1.82) is 0 Å². The first kappa shape index (κ1) is 20.5. The molecule has 0 aliphatic heterocycles. The van der Waals surface area contributed by atoms with Crippen LogP contribution in [-0.4, -0.2) is 38.2 Å². The van der Waals surface area contributed by atoms with Crippen molar-refractivity contribution in [3.63, 3.8) is 0 Å². The summed E-state index contributed by atoms with van der Waals surface area (Å²) in [5, 5.41) is 15.2. The van der Waals surface area contributed by atoms with E-state index in [0.717, 1.165) is 16.8 Å². The van der Waals surface area contributed by atoms with Crippen LogP contribution in [0.1, 0.15) is 19.4 Å². The number of nitrogens with one attached hydrogen (secondary N) is 1. The van der Waals surface area contributed by atoms with Crippen molar-refractivity contribution in [3.8, 4) is 11.4 Å². The minimum absolute atomic E-state index is 0.261. The molecule has 0 aliphatic rings. The fourth-order valence-electron chi connectivity index (χ4n) is 2.50. The standard InChI is InChI=1S/C20H20ClN5O3/c1-3-14-4-10-17(11-5-14)22-20(28)13(2)29-18(27)12-26-24-19(23-25-26)15-6-8-16(21)9-7-15/h4-11,13H,3,12H2,1-2H3,(H,22,28)/t13-/m1/s1. The molecule has 1 heterocycles. The quantitative estimate of drug-likeness (QED) is 0.597. The fourth-order valence-corrected chi connectivity index (χ4v) is 2.62. The second-order valence-electron chi connectivity index (χ2n) is 6.32. The van der Waals surface area contributed by atoms with Crippen molar-refractivity contribution < 1.29 is 14.3 Å². The number of carbonyl (C=O) groups excluding carboxylic acids is 2. The third kappa shape index (κ3) is 5.61. The molecular weight excluding hydrogens is 394 g/mol. The number of halogens is 1. The van der Waals surface area contributed by atoms with Gasteiger partial charge in [0.15, 0.2) is 12.6 Å². The highest BCUT2D eigenvalue weighted by Crippen LogP contribution is 2.17. The van der Waals surface area contributed by atoms with Crippen LogP contribution in [0.15, 0.2) is 48.5 Å². The van der Waals surface area contributed by atoms with Crippen LogP contribution in [0, 0.1) is 0 Å². The summed E-state index contributed by atoms with van der Waals surface area (Å²) in [7, 11) is 0. The summed E-state index contributed by atoms with van der Waals surface area (Å²) in [5.41, 5.74) is 2.53. The zero-order valence-electron chi connectivity index (χ0n) is 16.0. The molecule has 9 heteroatoms. The van der Waals surface area contributed by atoms with Crippen LogP contribution in [0.5, 0.6) is 0 Å². The molecule has 0 aliphatic carbocycles. The van der Waals surface area contributed by atoms with Crippen molar-refractivity contribution >= 4 is 29.2 Å². The molecule has 150 valence electrons. The van der Waals surface area contributed by atoms with Crippen molar-refractivity contribution in [2.75, 3.05) is 5.32 Å². The van der Waals surface area contributed by atoms with Gasteiger partial charge in [-0.1, -0.05) is 30.7 Å². The van der Waals surface area contributed by atoms with Gasteiger partial charge in [-0.3, -0.25) is 4.79 Å². The van der Waals surface area contributed by atoms with Gasteiger partial charge in [0.25, 0.3) is 5.91 Å². The number of carbonyl (C=O) groups is 2. The number of benzene rings is 2. The average molecular weight is 414 g/mol. The van der Waals surface area contributed by atoms with Crippen LogP contribution in [0.3, 0.4) is 0 Å². The number of nitrogens with zero attached hydrogens (tertiary/aromatic N) is 4. The van der Waals surface area contributed by atoms with Crippen LogP contribution in [0.25, 0.3) is 11.4 Å². The Morgan fingerprint density at radius 1 is 1.14 bits per heavy atom. The average Bonchev–Trinajstić information content (AvgIpc) is 3.17. The second-order valence-corrected chi connectivity index (χ2v) is 6.76. The third-order valence-electron chi connectivity index (χ3n) is 4.13. The van der Waals surface area contributed by atoms with Crippen molar-refractivity contribution in [2.24, 2.45) is 0 Å². The summed E-state index contributed by atoms with van der Waals surface area (Å²) in [5.74, 6) is -0.708. The van der Waals surface area contributed by atoms with Gasteiger partial charge in [0.1, 0.15) is 0 Å². The molecule has 1 N–H and O–H groups in total. The third-order valence-corrected chi connectivity index (χ3v) is 4.38. The number of aromatic nitrogens is 4. The Labute approximate surface area is 172 Å². The molecule has 8 nitrogen and oxygen atoms in total. The second kappa shape index (κ2) is 9.29. The van der Waals surface area contributed by atoms with Gasteiger partial charge in [-0.05, 0) is 60.5 Å². The molecule has 1 aromatic heterocycles. The Hall–Kier alpha value is -3.26. The van der Waals surface area contributed by atoms with E-state index in [2.05, 4.69) is 27.7 Å². The van der Waals surface area contributed by atoms with Crippen molar-refractivity contribution in [1.82, 2.24) is 20.2 Å². The summed E-state index contributed by atoms with van der Waals surface area (Å²) in [4.78, 5) is 25.4. The molecule has 1 atom stereocenters. The first-order valence-electron chi connectivity index (χ1n) is 9.07. The number of hydrogen-bond donors (Lipinski definition) is 1. The molecule has 3 aromatic rings. The molecule has 0 saturated heterocycles. The Balaban J connectivity index is 1.53. The molecule has 29 heavy (non-hydrogen) atoms. The number of tetrazole rings is 1. The van der Waals surface area contributed by atoms with Gasteiger partial charge in [0.05, 0.1) is 0 Å². The zero-order valence-corrected chi connectivity index (χ0v) is 16.8. The Morgan fingerprint density at radius 3 is 2.48 bits per heavy atom. The smallest absolute Gasteiger partial charge is 0.330 e. The molecular formula is C20H20ClN5O3. The topological polar surface area (TPSA) is 99.0 Å². The molecule has 0 radical (unpaired) electrons. The lowest BCUT2D eigenvalue weighted by Crippen LogP contribution is -2.31. The molecule has 1 amide bonds. The lowest BCUT2D eigenvalue weighted by Gasteiger charge is -2.13. The fraction of sp³-hybridized carbons (Fsp3) is 0.250. The molecule has 0 unspecified atom stereocenters. The monoisotopic (exact) mass is 413 g/mol. The predicted octanol–water partition coefficient (Wildman–Crippen LogP) is 3.13. The number of ether oxygens (including phenoxy) is 1. The lowest BCUT2D eigenvalue weighted by molar-refractivity contribution is -0.154. The highest BCUT2D eigenvalue weighted by molar-refractivity contribution is 6.30. The Kier molecular flexibility index (Phi) is 6.56. The van der Waals surface area contributed by atoms with Gasteiger partial charge in [-0.2, -0.15) is 4.80 Å². The SMILES string of the molecule is CCc1ccc(NC(=O)[C@@H](C)OC(=O)Cn2nnc(-c3ccc(Cl)cc3)n2)cc1. The zero-order chi connectivity index (χ0) is 20.8. The normalized spacial score (nSPS) is 11.7. The van der Waals surface area contributed by atoms with E-state index in [-0.39, 0.29) is 6.54 Å². The molecule has 0 fully saturated rings. The summed E-state index contributed by atoms with van der Waals surface area (Å²) in [6.45, 7) is 3.29. The van der Waals surface area contributed by atoms with Crippen LogP contribution in [-0.2, 0) is 27.3 Å². The van der Waals surface area contributed by atoms with E-state index < -0.39 is 18.0 Å². The highest BCUT2D eigenvalue weighted by Gasteiger charge is 2.19. The van der Waals surface area contributed by atoms with E-state index in [0.29, 0.717) is 16.5 Å². The first-order valence-corrected chi connectivity index (χ1v) is 9.45. The number of amides is 1. The largest absolute Gasteiger partial charge is 0.451 e. The van der Waals surface area contributed by atoms with Gasteiger partial charge in [0, 0.05) is 16.3 Å². The van der Waals surface area contributed by atoms with Gasteiger partial charge in [-0.25, -0.2) is 4.79 Å². The lowest BCUT2D eigenvalue weighted by atomic mass is 10.1. The number of anilines is 1. The van der Waals surface area contributed by atoms with E-state index in [1.807, 2.05) is 24.3 Å². The van der Waals surface area contributed by atoms with E-state index in [1.165, 1.54) is 12.5 Å². The highest BCUT2D eigenvalue weighted by atomic mass is 35.5. The van der Waals surface area contributed by atoms with E-state index >= 15 is 0 Å². The molecule has 3 rings (SSSR count). The number of hydrogen-bond acceptors (Lipinski definition) is 6. The van der Waals surface area contributed by atoms with Gasteiger partial charge in [0.2, 0.25) is 5.82 Å². The van der Waals surface area contributed by atoms with Crippen molar-refractivity contribution in [3.05, 3.63) is 59.1 Å². The maximum absolute atomic E-state index is 12.2. The van der Waals surface area contributed by atoms with E-state index in [4.69, 9.17) is 16.3 Å². The summed E-state index contributed by atoms with van der Waals surface area (Å²) in [6.07, 6.45) is -0.0502. The van der Waals surface area contributed by atoms with Crippen LogP contribution in [0.2, 0.25) is 5.02 Å². The number of esters is 1. The minimum Gasteiger partial charge on any atom is -0.451 e. The Morgan fingerprint density at radius 2 is 1.83 bits per heavy atom. The van der Waals surface area contributed by atoms with Gasteiger partial charge < -0.3 is 10.1 Å². The first-order chi connectivity index (χ1) is 13.9. The molecule has 0 saturated carbocycles. The van der Waals surface area contributed by atoms with E-state index in [1.54, 1.807) is 24.3 Å². The number of rotatable bonds is 7. The minimum atomic E-state index is -0.965. The van der Waals surface area contributed by atoms with Crippen molar-refractivity contribution in [2.45, 2.75) is 32.9 Å². The van der Waals surface area contributed by atoms with E-state index in [9.17, 15) is 9.59 Å². The maximum atomic E-state index is 12.2. The predicted molar refractivity (Wildman–Crippen MR) is 108 cm³/mol. The number of aryl methyl sites for hydroxylation is 1. The Bertz CT molecular complexity index is 986. The van der Waals surface area contributed by atoms with Gasteiger partial charge in [-0.15, -0.1) is 10.2 Å². The molecule has 0 spiro atoms. The van der Waals surface area contributed by atoms with Crippen LogP contribution in [0.4, 0.5) is 5.69 Å². The summed E-state index contributed by atoms with van der Waals surface area (Å²) in [6, 6.07) is 14.4. The molecule has 0 bridgehead atoms. The maximum Gasteiger partial charge on any atom is 0.330 e. The summed E-state index contributed by atoms with van der Waals surface area (Å²) < 4.78 is 5.17. The van der Waals surface area contributed by atoms with Crippen LogP contribution < -0.4 is 5.32 Å².